The Balaban J connectivity index is 2.79. The predicted octanol–water partition coefficient (Wildman–Crippen LogP) is 1.90. The molecule has 2 atom stereocenters. The first-order valence-electron chi connectivity index (χ1n) is 4.98. The molecule has 1 rings (SSSR count). The summed E-state index contributed by atoms with van der Waals surface area (Å²) < 4.78 is 14.4. The van der Waals surface area contributed by atoms with Crippen molar-refractivity contribution in [2.45, 2.75) is 38.8 Å². The van der Waals surface area contributed by atoms with Crippen molar-refractivity contribution in [3.8, 4) is 0 Å². The van der Waals surface area contributed by atoms with E-state index in [1.165, 1.54) is 7.05 Å². The fraction of sp³-hybridized carbons (Fsp3) is 0.900. The highest BCUT2D eigenvalue weighted by atomic mass is 19.1. The second kappa shape index (κ2) is 3.64. The Kier molecular flexibility index (Phi) is 2.94. The fourth-order valence-corrected chi connectivity index (χ4v) is 1.80. The Hall–Kier alpha value is -0.600. The van der Waals surface area contributed by atoms with Gasteiger partial charge in [-0.1, -0.05) is 13.8 Å². The van der Waals surface area contributed by atoms with Crippen LogP contribution in [0.3, 0.4) is 0 Å². The molecule has 0 aromatic rings. The zero-order valence-corrected chi connectivity index (χ0v) is 8.56. The minimum atomic E-state index is -1.62. The van der Waals surface area contributed by atoms with Crippen LogP contribution in [0.2, 0.25) is 0 Å². The summed E-state index contributed by atoms with van der Waals surface area (Å²) in [6.45, 7) is 3.73. The summed E-state index contributed by atoms with van der Waals surface area (Å²) >= 11 is 0. The van der Waals surface area contributed by atoms with Crippen LogP contribution in [0.25, 0.3) is 0 Å². The van der Waals surface area contributed by atoms with Crippen LogP contribution in [-0.2, 0) is 4.79 Å². The number of hydrogen-bond acceptors (Lipinski definition) is 1. The van der Waals surface area contributed by atoms with Gasteiger partial charge in [0.25, 0.3) is 5.91 Å². The van der Waals surface area contributed by atoms with E-state index >= 15 is 0 Å². The van der Waals surface area contributed by atoms with E-state index in [4.69, 9.17) is 0 Å². The van der Waals surface area contributed by atoms with Crippen molar-refractivity contribution in [1.82, 2.24) is 5.32 Å². The topological polar surface area (TPSA) is 29.1 Å². The lowest BCUT2D eigenvalue weighted by Crippen LogP contribution is -2.48. The van der Waals surface area contributed by atoms with Gasteiger partial charge in [-0.3, -0.25) is 4.79 Å². The second-order valence-corrected chi connectivity index (χ2v) is 3.93. The van der Waals surface area contributed by atoms with Gasteiger partial charge in [0.1, 0.15) is 0 Å². The van der Waals surface area contributed by atoms with Gasteiger partial charge < -0.3 is 5.32 Å². The summed E-state index contributed by atoms with van der Waals surface area (Å²) in [5.41, 5.74) is -1.62. The van der Waals surface area contributed by atoms with Gasteiger partial charge >= 0.3 is 0 Å². The van der Waals surface area contributed by atoms with E-state index in [-0.39, 0.29) is 11.8 Å². The minimum absolute atomic E-state index is 0.0394. The van der Waals surface area contributed by atoms with Gasteiger partial charge in [0.05, 0.1) is 0 Å². The summed E-state index contributed by atoms with van der Waals surface area (Å²) in [7, 11) is 1.50. The quantitative estimate of drug-likeness (QED) is 0.715. The smallest absolute Gasteiger partial charge is 0.257 e. The summed E-state index contributed by atoms with van der Waals surface area (Å²) in [5, 5.41) is 2.43. The Bertz CT molecular complexity index is 203. The van der Waals surface area contributed by atoms with E-state index in [1.807, 2.05) is 13.8 Å². The molecular formula is C10H18FNO. The highest BCUT2D eigenvalue weighted by Crippen LogP contribution is 2.47. The first kappa shape index (κ1) is 10.5. The molecule has 13 heavy (non-hydrogen) atoms. The van der Waals surface area contributed by atoms with Gasteiger partial charge in [-0.05, 0) is 25.2 Å². The van der Waals surface area contributed by atoms with Crippen molar-refractivity contribution in [3.05, 3.63) is 0 Å². The maximum absolute atomic E-state index is 14.4. The number of rotatable bonds is 4. The molecule has 1 fully saturated rings. The lowest BCUT2D eigenvalue weighted by molar-refractivity contribution is -0.137. The average Bonchev–Trinajstić information content (AvgIpc) is 2.97. The maximum Gasteiger partial charge on any atom is 0.257 e. The lowest BCUT2D eigenvalue weighted by atomic mass is 9.83. The zero-order chi connectivity index (χ0) is 10.1. The van der Waals surface area contributed by atoms with Crippen molar-refractivity contribution < 1.29 is 9.18 Å². The molecule has 1 saturated carbocycles. The Morgan fingerprint density at radius 1 is 1.69 bits per heavy atom. The van der Waals surface area contributed by atoms with E-state index in [9.17, 15) is 9.18 Å². The van der Waals surface area contributed by atoms with Gasteiger partial charge in [0.15, 0.2) is 5.67 Å². The molecule has 0 bridgehead atoms. The average molecular weight is 187 g/mol. The van der Waals surface area contributed by atoms with Crippen LogP contribution in [0.4, 0.5) is 4.39 Å². The number of amides is 1. The number of alkyl halides is 1. The van der Waals surface area contributed by atoms with E-state index in [2.05, 4.69) is 5.32 Å². The standard InChI is InChI=1S/C10H18FNO/c1-4-7(2)10(11,8-5-6-8)9(13)12-3/h7-8H,4-6H2,1-3H3,(H,12,13). The summed E-state index contributed by atoms with van der Waals surface area (Å²) in [4.78, 5) is 11.4. The molecule has 0 aromatic heterocycles. The van der Waals surface area contributed by atoms with Crippen LogP contribution in [0.1, 0.15) is 33.1 Å². The molecule has 76 valence electrons. The van der Waals surface area contributed by atoms with E-state index < -0.39 is 11.6 Å². The third-order valence-electron chi connectivity index (χ3n) is 3.08. The normalized spacial score (nSPS) is 23.4. The number of carbonyl (C=O) groups excluding carboxylic acids is 1. The molecule has 3 heteroatoms. The Morgan fingerprint density at radius 3 is 2.54 bits per heavy atom. The number of carbonyl (C=O) groups is 1. The summed E-state index contributed by atoms with van der Waals surface area (Å²) in [5.74, 6) is -0.660. The molecule has 0 spiro atoms. The summed E-state index contributed by atoms with van der Waals surface area (Å²) in [6, 6.07) is 0. The maximum atomic E-state index is 14.4. The lowest BCUT2D eigenvalue weighted by Gasteiger charge is -2.29. The van der Waals surface area contributed by atoms with Gasteiger partial charge in [-0.25, -0.2) is 4.39 Å². The first-order chi connectivity index (χ1) is 6.07. The van der Waals surface area contributed by atoms with E-state index in [1.54, 1.807) is 0 Å². The van der Waals surface area contributed by atoms with Crippen LogP contribution >= 0.6 is 0 Å². The Morgan fingerprint density at radius 2 is 2.23 bits per heavy atom. The van der Waals surface area contributed by atoms with Gasteiger partial charge in [-0.2, -0.15) is 0 Å². The highest BCUT2D eigenvalue weighted by molar-refractivity contribution is 5.86. The SMILES string of the molecule is CCC(C)C(F)(C(=O)NC)C1CC1. The van der Waals surface area contributed by atoms with Gasteiger partial charge in [-0.15, -0.1) is 0 Å². The van der Waals surface area contributed by atoms with Crippen molar-refractivity contribution in [1.29, 1.82) is 0 Å². The number of hydrogen-bond donors (Lipinski definition) is 1. The first-order valence-corrected chi connectivity index (χ1v) is 4.98. The molecule has 1 aliphatic carbocycles. The molecule has 0 aliphatic heterocycles. The highest BCUT2D eigenvalue weighted by Gasteiger charge is 2.54. The van der Waals surface area contributed by atoms with Crippen LogP contribution < -0.4 is 5.32 Å². The largest absolute Gasteiger partial charge is 0.356 e. The van der Waals surface area contributed by atoms with Crippen molar-refractivity contribution in [3.63, 3.8) is 0 Å². The van der Waals surface area contributed by atoms with E-state index in [0.717, 1.165) is 12.8 Å². The van der Waals surface area contributed by atoms with Crippen LogP contribution in [0.15, 0.2) is 0 Å². The molecule has 0 aromatic carbocycles. The molecule has 0 heterocycles. The van der Waals surface area contributed by atoms with Crippen molar-refractivity contribution in [2.24, 2.45) is 11.8 Å². The van der Waals surface area contributed by atoms with Gasteiger partial charge in [0, 0.05) is 13.0 Å². The molecule has 0 saturated heterocycles. The molecule has 2 nitrogen and oxygen atoms in total. The molecular weight excluding hydrogens is 169 g/mol. The fourth-order valence-electron chi connectivity index (χ4n) is 1.80. The third-order valence-corrected chi connectivity index (χ3v) is 3.08. The number of nitrogens with one attached hydrogen (secondary N) is 1. The van der Waals surface area contributed by atoms with Crippen molar-refractivity contribution >= 4 is 5.91 Å². The second-order valence-electron chi connectivity index (χ2n) is 3.93. The monoisotopic (exact) mass is 187 g/mol. The van der Waals surface area contributed by atoms with Crippen LogP contribution in [0.5, 0.6) is 0 Å². The molecule has 0 radical (unpaired) electrons. The molecule has 1 amide bonds. The molecule has 2 unspecified atom stereocenters. The van der Waals surface area contributed by atoms with Gasteiger partial charge in [0.2, 0.25) is 0 Å². The molecule has 1 N–H and O–H groups in total. The van der Waals surface area contributed by atoms with E-state index in [0.29, 0.717) is 6.42 Å². The summed E-state index contributed by atoms with van der Waals surface area (Å²) in [6.07, 6.45) is 2.42. The predicted molar refractivity (Wildman–Crippen MR) is 50.1 cm³/mol. The third kappa shape index (κ3) is 1.69. The minimum Gasteiger partial charge on any atom is -0.356 e. The number of halogens is 1. The van der Waals surface area contributed by atoms with Crippen LogP contribution in [-0.4, -0.2) is 18.6 Å². The zero-order valence-electron chi connectivity index (χ0n) is 8.56. The molecule has 1 aliphatic rings. The van der Waals surface area contributed by atoms with Crippen molar-refractivity contribution in [2.75, 3.05) is 7.05 Å². The Labute approximate surface area is 78.9 Å². The van der Waals surface area contributed by atoms with Crippen LogP contribution in [0, 0.1) is 11.8 Å².